The van der Waals surface area contributed by atoms with Gasteiger partial charge in [-0.3, -0.25) is 0 Å². The molecule has 1 aromatic heterocycles. The molecule has 9 nitrogen and oxygen atoms in total. The van der Waals surface area contributed by atoms with Gasteiger partial charge in [0.1, 0.15) is 19.0 Å². The van der Waals surface area contributed by atoms with Crippen LogP contribution in [0.5, 0.6) is 0 Å². The molecule has 0 aliphatic carbocycles. The van der Waals surface area contributed by atoms with Crippen LogP contribution in [0.1, 0.15) is 0 Å². The predicted octanol–water partition coefficient (Wildman–Crippen LogP) is 1.46. The number of hydrogen-bond acceptors (Lipinski definition) is 6. The molecule has 2 heterocycles. The third-order valence-corrected chi connectivity index (χ3v) is 4.09. The highest BCUT2D eigenvalue weighted by atomic mass is 28.4. The maximum absolute atomic E-state index is 11.6. The number of nitro groups is 1. The summed E-state index contributed by atoms with van der Waals surface area (Å²) in [4.78, 5) is 27.3. The molecule has 10 heteroatoms. The summed E-state index contributed by atoms with van der Waals surface area (Å²) >= 11 is 0. The summed E-state index contributed by atoms with van der Waals surface area (Å²) in [5.74, 6) is -0.229. The van der Waals surface area contributed by atoms with E-state index in [1.807, 2.05) is 19.6 Å². The van der Waals surface area contributed by atoms with Crippen molar-refractivity contribution in [2.75, 3.05) is 19.7 Å². The number of aromatic nitrogens is 2. The molecule has 1 fully saturated rings. The minimum Gasteiger partial charge on any atom is -0.448 e. The van der Waals surface area contributed by atoms with Crippen LogP contribution in [0.2, 0.25) is 19.6 Å². The molecule has 1 atom stereocenters. The quantitative estimate of drug-likeness (QED) is 0.427. The van der Waals surface area contributed by atoms with Gasteiger partial charge in [0.05, 0.1) is 25.7 Å². The molecule has 1 aliphatic rings. The van der Waals surface area contributed by atoms with Crippen molar-refractivity contribution < 1.29 is 18.9 Å². The Labute approximate surface area is 129 Å². The summed E-state index contributed by atoms with van der Waals surface area (Å²) < 4.78 is 12.4. The number of carbonyl (C=O) groups excluding carboxylic acids is 1. The van der Waals surface area contributed by atoms with E-state index in [4.69, 9.17) is 9.16 Å². The Morgan fingerprint density at radius 3 is 2.77 bits per heavy atom. The predicted molar refractivity (Wildman–Crippen MR) is 80.0 cm³/mol. The molecule has 1 amide bonds. The summed E-state index contributed by atoms with van der Waals surface area (Å²) in [5.41, 5.74) is 0. The fourth-order valence-corrected chi connectivity index (χ4v) is 3.45. The average Bonchev–Trinajstić information content (AvgIpc) is 2.97. The van der Waals surface area contributed by atoms with Gasteiger partial charge in [0.2, 0.25) is 0 Å². The van der Waals surface area contributed by atoms with E-state index in [9.17, 15) is 14.9 Å². The second-order valence-electron chi connectivity index (χ2n) is 6.05. The molecular weight excluding hydrogens is 308 g/mol. The van der Waals surface area contributed by atoms with Crippen LogP contribution in [0, 0.1) is 10.1 Å². The van der Waals surface area contributed by atoms with Crippen molar-refractivity contribution in [1.29, 1.82) is 0 Å². The first-order valence-corrected chi connectivity index (χ1v) is 10.4. The van der Waals surface area contributed by atoms with Crippen LogP contribution in [0.4, 0.5) is 10.7 Å². The van der Waals surface area contributed by atoms with Crippen LogP contribution < -0.4 is 0 Å². The van der Waals surface area contributed by atoms with Crippen molar-refractivity contribution in [1.82, 2.24) is 14.5 Å². The Morgan fingerprint density at radius 2 is 2.23 bits per heavy atom. The molecule has 0 aromatic carbocycles. The zero-order chi connectivity index (χ0) is 16.3. The van der Waals surface area contributed by atoms with Gasteiger partial charge >= 0.3 is 12.0 Å². The van der Waals surface area contributed by atoms with E-state index in [-0.39, 0.29) is 24.7 Å². The zero-order valence-corrected chi connectivity index (χ0v) is 13.9. The van der Waals surface area contributed by atoms with Crippen molar-refractivity contribution in [3.63, 3.8) is 0 Å². The maximum atomic E-state index is 11.6. The number of ether oxygens (including phenoxy) is 1. The van der Waals surface area contributed by atoms with Gasteiger partial charge in [-0.25, -0.2) is 9.36 Å². The highest BCUT2D eigenvalue weighted by molar-refractivity contribution is 6.69. The number of imidazole rings is 1. The van der Waals surface area contributed by atoms with Crippen LogP contribution in [0.3, 0.4) is 0 Å². The standard InChI is InChI=1S/C12H20N4O5Si/c1-22(2,3)21-10(9-15-6-7-20-12(15)17)8-14-5-4-13-11(14)16(18)19/h4-5,10H,6-9H2,1-3H3/t10-/m1/s1. The van der Waals surface area contributed by atoms with Crippen LogP contribution in [-0.4, -0.2) is 59.6 Å². The van der Waals surface area contributed by atoms with E-state index >= 15 is 0 Å². The molecule has 1 aromatic rings. The maximum Gasteiger partial charge on any atom is 0.434 e. The van der Waals surface area contributed by atoms with E-state index in [0.717, 1.165) is 0 Å². The van der Waals surface area contributed by atoms with E-state index < -0.39 is 13.2 Å². The number of rotatable bonds is 7. The summed E-state index contributed by atoms with van der Waals surface area (Å²) in [5, 5.41) is 11.0. The van der Waals surface area contributed by atoms with Gasteiger partial charge in [0, 0.05) is 0 Å². The summed E-state index contributed by atoms with van der Waals surface area (Å²) in [6, 6.07) is 0. The summed E-state index contributed by atoms with van der Waals surface area (Å²) in [6.07, 6.45) is 2.21. The molecule has 122 valence electrons. The third kappa shape index (κ3) is 4.27. The van der Waals surface area contributed by atoms with Gasteiger partial charge in [0.25, 0.3) is 0 Å². The monoisotopic (exact) mass is 328 g/mol. The lowest BCUT2D eigenvalue weighted by molar-refractivity contribution is -0.397. The first-order valence-electron chi connectivity index (χ1n) is 7.01. The van der Waals surface area contributed by atoms with Crippen LogP contribution in [-0.2, 0) is 15.7 Å². The SMILES string of the molecule is C[Si](C)(C)O[C@@H](CN1CCOC1=O)Cn1ccnc1[N+](=O)[O-]. The molecule has 0 radical (unpaired) electrons. The Hall–Kier alpha value is -1.94. The van der Waals surface area contributed by atoms with Crippen LogP contribution >= 0.6 is 0 Å². The number of hydrogen-bond donors (Lipinski definition) is 0. The Morgan fingerprint density at radius 1 is 1.50 bits per heavy atom. The molecule has 0 spiro atoms. The van der Waals surface area contributed by atoms with Crippen molar-refractivity contribution in [3.8, 4) is 0 Å². The zero-order valence-electron chi connectivity index (χ0n) is 12.9. The van der Waals surface area contributed by atoms with Crippen molar-refractivity contribution in [2.24, 2.45) is 0 Å². The van der Waals surface area contributed by atoms with E-state index in [0.29, 0.717) is 19.7 Å². The normalized spacial score (nSPS) is 16.7. The average molecular weight is 328 g/mol. The fraction of sp³-hybridized carbons (Fsp3) is 0.667. The van der Waals surface area contributed by atoms with Gasteiger partial charge in [-0.1, -0.05) is 4.98 Å². The Kier molecular flexibility index (Phi) is 4.81. The molecule has 1 aliphatic heterocycles. The molecular formula is C12H20N4O5Si. The lowest BCUT2D eigenvalue weighted by Crippen LogP contribution is -2.42. The second-order valence-corrected chi connectivity index (χ2v) is 10.5. The first-order chi connectivity index (χ1) is 10.3. The minimum absolute atomic E-state index is 0.229. The Balaban J connectivity index is 2.11. The van der Waals surface area contributed by atoms with Gasteiger partial charge in [0.15, 0.2) is 8.32 Å². The molecule has 0 N–H and O–H groups in total. The second kappa shape index (κ2) is 6.44. The van der Waals surface area contributed by atoms with E-state index in [2.05, 4.69) is 4.98 Å². The molecule has 0 bridgehead atoms. The van der Waals surface area contributed by atoms with Crippen LogP contribution in [0.15, 0.2) is 12.4 Å². The number of nitrogens with zero attached hydrogens (tertiary/aromatic N) is 4. The van der Waals surface area contributed by atoms with Gasteiger partial charge in [-0.15, -0.1) is 0 Å². The molecule has 1 saturated heterocycles. The highest BCUT2D eigenvalue weighted by Crippen LogP contribution is 2.16. The molecule has 22 heavy (non-hydrogen) atoms. The lowest BCUT2D eigenvalue weighted by atomic mass is 10.3. The van der Waals surface area contributed by atoms with E-state index in [1.54, 1.807) is 11.1 Å². The third-order valence-electron chi connectivity index (χ3n) is 3.05. The van der Waals surface area contributed by atoms with Gasteiger partial charge in [-0.2, -0.15) is 0 Å². The van der Waals surface area contributed by atoms with Gasteiger partial charge in [-0.05, 0) is 24.6 Å². The first kappa shape index (κ1) is 16.4. The van der Waals surface area contributed by atoms with Crippen molar-refractivity contribution in [3.05, 3.63) is 22.5 Å². The highest BCUT2D eigenvalue weighted by Gasteiger charge is 2.30. The number of cyclic esters (lactones) is 1. The smallest absolute Gasteiger partial charge is 0.434 e. The number of carbonyl (C=O) groups is 1. The van der Waals surface area contributed by atoms with Gasteiger partial charge < -0.3 is 24.2 Å². The fourth-order valence-electron chi connectivity index (χ4n) is 2.30. The molecule has 0 saturated carbocycles. The van der Waals surface area contributed by atoms with Crippen molar-refractivity contribution in [2.45, 2.75) is 32.3 Å². The largest absolute Gasteiger partial charge is 0.448 e. The van der Waals surface area contributed by atoms with Crippen molar-refractivity contribution >= 4 is 20.4 Å². The Bertz CT molecular complexity index is 556. The number of amides is 1. The summed E-state index contributed by atoms with van der Waals surface area (Å²) in [7, 11) is -1.87. The molecule has 0 unspecified atom stereocenters. The van der Waals surface area contributed by atoms with Crippen LogP contribution in [0.25, 0.3) is 0 Å². The molecule has 2 rings (SSSR count). The van der Waals surface area contributed by atoms with E-state index in [1.165, 1.54) is 10.8 Å². The summed E-state index contributed by atoms with van der Waals surface area (Å²) in [6.45, 7) is 7.59. The topological polar surface area (TPSA) is 99.7 Å². The minimum atomic E-state index is -1.87. The lowest BCUT2D eigenvalue weighted by Gasteiger charge is -2.28.